The number of rotatable bonds is 3. The third kappa shape index (κ3) is 2.56. The minimum absolute atomic E-state index is 0.281. The smallest absolute Gasteiger partial charge is 0.253 e. The Bertz CT molecular complexity index is 456. The number of benzene rings is 1. The molecule has 0 spiro atoms. The van der Waals surface area contributed by atoms with Gasteiger partial charge < -0.3 is 9.15 Å². The molecule has 0 atom stereocenters. The van der Waals surface area contributed by atoms with Crippen molar-refractivity contribution in [1.29, 1.82) is 0 Å². The molecule has 0 aliphatic heterocycles. The summed E-state index contributed by atoms with van der Waals surface area (Å²) in [6.45, 7) is 2.03. The Morgan fingerprint density at radius 2 is 2.13 bits per heavy atom. The molecule has 0 aliphatic carbocycles. The van der Waals surface area contributed by atoms with Crippen LogP contribution in [0.25, 0.3) is 0 Å². The summed E-state index contributed by atoms with van der Waals surface area (Å²) in [4.78, 5) is 0. The zero-order valence-electron chi connectivity index (χ0n) is 8.11. The van der Waals surface area contributed by atoms with Gasteiger partial charge in [0.1, 0.15) is 5.75 Å². The molecular formula is C10H9BrN2O2. The first kappa shape index (κ1) is 10.2. The van der Waals surface area contributed by atoms with Crippen LogP contribution in [0.1, 0.15) is 11.8 Å². The summed E-state index contributed by atoms with van der Waals surface area (Å²) in [7, 11) is 0. The quantitative estimate of drug-likeness (QED) is 0.859. The van der Waals surface area contributed by atoms with Crippen LogP contribution in [0.4, 0.5) is 0 Å². The van der Waals surface area contributed by atoms with Gasteiger partial charge in [0.2, 0.25) is 5.89 Å². The van der Waals surface area contributed by atoms with Crippen molar-refractivity contribution in [2.24, 2.45) is 0 Å². The third-order valence-electron chi connectivity index (χ3n) is 1.76. The first-order valence-corrected chi connectivity index (χ1v) is 5.21. The highest BCUT2D eigenvalue weighted by Gasteiger charge is 2.04. The highest BCUT2D eigenvalue weighted by molar-refractivity contribution is 9.10. The number of aromatic nitrogens is 2. The molecule has 0 N–H and O–H groups in total. The molecule has 1 aromatic carbocycles. The van der Waals surface area contributed by atoms with E-state index in [9.17, 15) is 0 Å². The van der Waals surface area contributed by atoms with Gasteiger partial charge in [-0.1, -0.05) is 12.1 Å². The Morgan fingerprint density at radius 3 is 2.80 bits per heavy atom. The van der Waals surface area contributed by atoms with Crippen molar-refractivity contribution in [2.75, 3.05) is 0 Å². The average Bonchev–Trinajstić information content (AvgIpc) is 2.63. The monoisotopic (exact) mass is 268 g/mol. The number of ether oxygens (including phenoxy) is 1. The van der Waals surface area contributed by atoms with Gasteiger partial charge in [0, 0.05) is 6.92 Å². The van der Waals surface area contributed by atoms with Crippen molar-refractivity contribution in [3.05, 3.63) is 40.5 Å². The van der Waals surface area contributed by atoms with Crippen molar-refractivity contribution in [2.45, 2.75) is 13.5 Å². The highest BCUT2D eigenvalue weighted by Crippen LogP contribution is 2.24. The molecule has 1 heterocycles. The fourth-order valence-corrected chi connectivity index (χ4v) is 1.50. The van der Waals surface area contributed by atoms with Gasteiger partial charge in [0.25, 0.3) is 5.89 Å². The lowest BCUT2D eigenvalue weighted by Gasteiger charge is -2.04. The second-order valence-electron chi connectivity index (χ2n) is 2.93. The Hall–Kier alpha value is -1.36. The van der Waals surface area contributed by atoms with Crippen molar-refractivity contribution in [3.63, 3.8) is 0 Å². The molecule has 0 bridgehead atoms. The summed E-state index contributed by atoms with van der Waals surface area (Å²) in [6.07, 6.45) is 0. The van der Waals surface area contributed by atoms with E-state index in [1.54, 1.807) is 6.92 Å². The first-order chi connectivity index (χ1) is 7.25. The minimum Gasteiger partial charge on any atom is -0.483 e. The number of aryl methyl sites for hydroxylation is 1. The summed E-state index contributed by atoms with van der Waals surface area (Å²) in [6, 6.07) is 7.61. The Labute approximate surface area is 95.4 Å². The highest BCUT2D eigenvalue weighted by atomic mass is 79.9. The van der Waals surface area contributed by atoms with Gasteiger partial charge in [-0.15, -0.1) is 10.2 Å². The van der Waals surface area contributed by atoms with E-state index in [1.807, 2.05) is 24.3 Å². The zero-order chi connectivity index (χ0) is 10.7. The van der Waals surface area contributed by atoms with Crippen molar-refractivity contribution in [1.82, 2.24) is 10.2 Å². The van der Waals surface area contributed by atoms with Crippen LogP contribution in [0, 0.1) is 6.92 Å². The molecule has 0 radical (unpaired) electrons. The van der Waals surface area contributed by atoms with Crippen molar-refractivity contribution in [3.8, 4) is 5.75 Å². The van der Waals surface area contributed by atoms with Gasteiger partial charge in [0.15, 0.2) is 6.61 Å². The summed E-state index contributed by atoms with van der Waals surface area (Å²) < 4.78 is 11.6. The molecule has 5 heteroatoms. The molecule has 0 fully saturated rings. The second kappa shape index (κ2) is 4.44. The van der Waals surface area contributed by atoms with E-state index in [-0.39, 0.29) is 6.61 Å². The van der Waals surface area contributed by atoms with E-state index in [2.05, 4.69) is 26.1 Å². The summed E-state index contributed by atoms with van der Waals surface area (Å²) in [5.41, 5.74) is 0. The molecule has 0 saturated carbocycles. The molecule has 2 aromatic rings. The number of halogens is 1. The maximum Gasteiger partial charge on any atom is 0.253 e. The van der Waals surface area contributed by atoms with Gasteiger partial charge in [-0.3, -0.25) is 0 Å². The first-order valence-electron chi connectivity index (χ1n) is 4.42. The van der Waals surface area contributed by atoms with Crippen LogP contribution in [0.2, 0.25) is 0 Å². The number of hydrogen-bond acceptors (Lipinski definition) is 4. The van der Waals surface area contributed by atoms with Gasteiger partial charge in [-0.05, 0) is 28.1 Å². The van der Waals surface area contributed by atoms with Crippen LogP contribution in [-0.4, -0.2) is 10.2 Å². The van der Waals surface area contributed by atoms with E-state index >= 15 is 0 Å². The summed E-state index contributed by atoms with van der Waals surface area (Å²) in [5.74, 6) is 1.78. The van der Waals surface area contributed by atoms with Gasteiger partial charge >= 0.3 is 0 Å². The molecule has 0 amide bonds. The van der Waals surface area contributed by atoms with E-state index in [0.29, 0.717) is 11.8 Å². The lowest BCUT2D eigenvalue weighted by molar-refractivity contribution is 0.259. The number of para-hydroxylation sites is 1. The predicted molar refractivity (Wildman–Crippen MR) is 57.5 cm³/mol. The molecule has 78 valence electrons. The third-order valence-corrected chi connectivity index (χ3v) is 2.41. The SMILES string of the molecule is Cc1nnc(COc2ccccc2Br)o1. The Morgan fingerprint density at radius 1 is 1.33 bits per heavy atom. The molecular weight excluding hydrogens is 260 g/mol. The Balaban J connectivity index is 2.02. The molecule has 1 aromatic heterocycles. The summed E-state index contributed by atoms with van der Waals surface area (Å²) >= 11 is 3.38. The largest absolute Gasteiger partial charge is 0.483 e. The van der Waals surface area contributed by atoms with Crippen LogP contribution < -0.4 is 4.74 Å². The number of hydrogen-bond donors (Lipinski definition) is 0. The molecule has 0 aliphatic rings. The molecule has 15 heavy (non-hydrogen) atoms. The zero-order valence-corrected chi connectivity index (χ0v) is 9.69. The molecule has 2 rings (SSSR count). The topological polar surface area (TPSA) is 48.2 Å². The van der Waals surface area contributed by atoms with Gasteiger partial charge in [-0.2, -0.15) is 0 Å². The number of nitrogens with zero attached hydrogens (tertiary/aromatic N) is 2. The van der Waals surface area contributed by atoms with E-state index in [1.165, 1.54) is 0 Å². The predicted octanol–water partition coefficient (Wildman–Crippen LogP) is 2.72. The summed E-state index contributed by atoms with van der Waals surface area (Å²) in [5, 5.41) is 7.55. The van der Waals surface area contributed by atoms with Gasteiger partial charge in [0.05, 0.1) is 4.47 Å². The lowest BCUT2D eigenvalue weighted by atomic mass is 10.3. The van der Waals surface area contributed by atoms with E-state index < -0.39 is 0 Å². The van der Waals surface area contributed by atoms with Crippen LogP contribution in [-0.2, 0) is 6.61 Å². The maximum absolute atomic E-state index is 5.49. The normalized spacial score (nSPS) is 10.3. The van der Waals surface area contributed by atoms with Crippen molar-refractivity contribution < 1.29 is 9.15 Å². The van der Waals surface area contributed by atoms with Crippen LogP contribution in [0.5, 0.6) is 5.75 Å². The lowest BCUT2D eigenvalue weighted by Crippen LogP contribution is -1.96. The fraction of sp³-hybridized carbons (Fsp3) is 0.200. The minimum atomic E-state index is 0.281. The molecule has 4 nitrogen and oxygen atoms in total. The van der Waals surface area contributed by atoms with Crippen LogP contribution in [0.15, 0.2) is 33.2 Å². The van der Waals surface area contributed by atoms with E-state index in [4.69, 9.17) is 9.15 Å². The van der Waals surface area contributed by atoms with Crippen LogP contribution in [0.3, 0.4) is 0 Å². The second-order valence-corrected chi connectivity index (χ2v) is 3.79. The van der Waals surface area contributed by atoms with Gasteiger partial charge in [-0.25, -0.2) is 0 Å². The van der Waals surface area contributed by atoms with E-state index in [0.717, 1.165) is 10.2 Å². The molecule has 0 saturated heterocycles. The fourth-order valence-electron chi connectivity index (χ4n) is 1.10. The standard InChI is InChI=1S/C10H9BrN2O2/c1-7-12-13-10(15-7)6-14-9-5-3-2-4-8(9)11/h2-5H,6H2,1H3. The maximum atomic E-state index is 5.49. The Kier molecular flexibility index (Phi) is 3.01. The van der Waals surface area contributed by atoms with Crippen molar-refractivity contribution >= 4 is 15.9 Å². The molecule has 0 unspecified atom stereocenters. The van der Waals surface area contributed by atoms with Crippen LogP contribution >= 0.6 is 15.9 Å². The average molecular weight is 269 g/mol.